The Balaban J connectivity index is 2.29. The number of methoxy groups -OCH3 is 1. The molecular weight excluding hydrogens is 375 g/mol. The molecule has 0 radical (unpaired) electrons. The van der Waals surface area contributed by atoms with Crippen molar-refractivity contribution in [1.29, 1.82) is 0 Å². The van der Waals surface area contributed by atoms with Crippen LogP contribution in [0.3, 0.4) is 0 Å². The molecule has 1 aromatic rings. The number of rotatable bonds is 10. The summed E-state index contributed by atoms with van der Waals surface area (Å²) in [6, 6.07) is 5.44. The lowest BCUT2D eigenvalue weighted by molar-refractivity contribution is -0.141. The van der Waals surface area contributed by atoms with Gasteiger partial charge in [0.25, 0.3) is 0 Å². The maximum atomic E-state index is 11.0. The van der Waals surface area contributed by atoms with Crippen molar-refractivity contribution in [3.8, 4) is 0 Å². The van der Waals surface area contributed by atoms with Crippen molar-refractivity contribution in [2.45, 2.75) is 37.9 Å². The van der Waals surface area contributed by atoms with Gasteiger partial charge in [-0.05, 0) is 37.0 Å². The number of halogens is 2. The minimum absolute atomic E-state index is 0.177. The van der Waals surface area contributed by atoms with Crippen molar-refractivity contribution in [2.75, 3.05) is 7.11 Å². The molecule has 2 N–H and O–H groups in total. The normalized spacial score (nSPS) is 14.3. The quantitative estimate of drug-likeness (QED) is 0.456. The van der Waals surface area contributed by atoms with Gasteiger partial charge in [0.05, 0.1) is 29.4 Å². The Hall–Kier alpha value is -1.59. The highest BCUT2D eigenvalue weighted by atomic mass is 35.5. The van der Waals surface area contributed by atoms with Gasteiger partial charge < -0.3 is 14.9 Å². The van der Waals surface area contributed by atoms with E-state index in [0.29, 0.717) is 29.3 Å². The standard InChI is InChI=1S/C20H24Cl2O4/c1-26-20(25)13-11-17(24)7-5-3-2-4-6-16(23)10-8-15-9-12-18(21)19(22)14-15/h2-7,9,12,14,16-17,23-24H,8,10-11,13H2,1H3. The van der Waals surface area contributed by atoms with E-state index in [1.807, 2.05) is 6.07 Å². The molecule has 0 aliphatic heterocycles. The summed E-state index contributed by atoms with van der Waals surface area (Å²) in [4.78, 5) is 11.0. The molecule has 0 spiro atoms. The van der Waals surface area contributed by atoms with E-state index in [1.54, 1.807) is 48.6 Å². The van der Waals surface area contributed by atoms with Crippen LogP contribution in [0.5, 0.6) is 0 Å². The first-order chi connectivity index (χ1) is 12.4. The number of hydrogen-bond acceptors (Lipinski definition) is 4. The van der Waals surface area contributed by atoms with E-state index in [9.17, 15) is 15.0 Å². The fourth-order valence-corrected chi connectivity index (χ4v) is 2.40. The summed E-state index contributed by atoms with van der Waals surface area (Å²) in [7, 11) is 1.32. The van der Waals surface area contributed by atoms with Crippen molar-refractivity contribution >= 4 is 29.2 Å². The predicted octanol–water partition coefficient (Wildman–Crippen LogP) is 4.27. The third-order valence-corrected chi connectivity index (χ3v) is 4.32. The molecule has 142 valence electrons. The lowest BCUT2D eigenvalue weighted by Crippen LogP contribution is -2.07. The molecule has 0 amide bonds. The zero-order valence-electron chi connectivity index (χ0n) is 14.6. The van der Waals surface area contributed by atoms with Crippen LogP contribution in [-0.4, -0.2) is 35.5 Å². The molecule has 1 rings (SSSR count). The summed E-state index contributed by atoms with van der Waals surface area (Å²) in [6.45, 7) is 0. The van der Waals surface area contributed by atoms with Crippen LogP contribution in [0.1, 0.15) is 24.8 Å². The van der Waals surface area contributed by atoms with Gasteiger partial charge in [-0.2, -0.15) is 0 Å². The number of carbonyl (C=O) groups is 1. The van der Waals surface area contributed by atoms with Crippen LogP contribution in [0.25, 0.3) is 0 Å². The number of benzene rings is 1. The largest absolute Gasteiger partial charge is 0.469 e. The molecular formula is C20H24Cl2O4. The zero-order chi connectivity index (χ0) is 19.4. The molecule has 0 saturated heterocycles. The summed E-state index contributed by atoms with van der Waals surface area (Å²) in [6.07, 6.45) is 10.7. The average Bonchev–Trinajstić information content (AvgIpc) is 2.63. The Morgan fingerprint density at radius 3 is 2.23 bits per heavy atom. The second-order valence-corrected chi connectivity index (χ2v) is 6.51. The molecule has 0 aliphatic rings. The second kappa shape index (κ2) is 12.7. The fraction of sp³-hybridized carbons (Fsp3) is 0.350. The summed E-state index contributed by atoms with van der Waals surface area (Å²) in [5.74, 6) is -0.342. The number of allylic oxidation sites excluding steroid dienone is 4. The summed E-state index contributed by atoms with van der Waals surface area (Å²) in [5, 5.41) is 20.6. The fourth-order valence-electron chi connectivity index (χ4n) is 2.08. The van der Waals surface area contributed by atoms with Crippen LogP contribution in [0.15, 0.2) is 54.7 Å². The first kappa shape index (κ1) is 22.5. The highest BCUT2D eigenvalue weighted by Gasteiger charge is 2.04. The van der Waals surface area contributed by atoms with Gasteiger partial charge in [0.1, 0.15) is 0 Å². The Morgan fingerprint density at radius 2 is 1.65 bits per heavy atom. The smallest absolute Gasteiger partial charge is 0.305 e. The molecule has 4 nitrogen and oxygen atoms in total. The van der Waals surface area contributed by atoms with Crippen molar-refractivity contribution in [1.82, 2.24) is 0 Å². The van der Waals surface area contributed by atoms with Crippen molar-refractivity contribution in [3.05, 3.63) is 70.3 Å². The molecule has 2 unspecified atom stereocenters. The molecule has 26 heavy (non-hydrogen) atoms. The average molecular weight is 399 g/mol. The van der Waals surface area contributed by atoms with E-state index >= 15 is 0 Å². The first-order valence-electron chi connectivity index (χ1n) is 8.31. The molecule has 6 heteroatoms. The monoisotopic (exact) mass is 398 g/mol. The van der Waals surface area contributed by atoms with Gasteiger partial charge in [-0.25, -0.2) is 0 Å². The van der Waals surface area contributed by atoms with E-state index in [-0.39, 0.29) is 12.4 Å². The lowest BCUT2D eigenvalue weighted by Gasteiger charge is -2.06. The van der Waals surface area contributed by atoms with E-state index in [2.05, 4.69) is 4.74 Å². The van der Waals surface area contributed by atoms with Crippen LogP contribution >= 0.6 is 23.2 Å². The third-order valence-electron chi connectivity index (χ3n) is 3.58. The van der Waals surface area contributed by atoms with E-state index in [0.717, 1.165) is 5.56 Å². The topological polar surface area (TPSA) is 66.8 Å². The summed E-state index contributed by atoms with van der Waals surface area (Å²) < 4.78 is 4.51. The van der Waals surface area contributed by atoms with Crippen molar-refractivity contribution < 1.29 is 19.7 Å². The number of hydrogen-bond donors (Lipinski definition) is 2. The molecule has 0 bridgehead atoms. The molecule has 0 fully saturated rings. The first-order valence-corrected chi connectivity index (χ1v) is 9.06. The Morgan fingerprint density at radius 1 is 1.04 bits per heavy atom. The van der Waals surface area contributed by atoms with Gasteiger partial charge in [-0.1, -0.05) is 65.7 Å². The number of ether oxygens (including phenoxy) is 1. The number of aliphatic hydroxyl groups excluding tert-OH is 2. The van der Waals surface area contributed by atoms with Crippen LogP contribution in [0.4, 0.5) is 0 Å². The van der Waals surface area contributed by atoms with Gasteiger partial charge in [0.15, 0.2) is 0 Å². The van der Waals surface area contributed by atoms with Crippen LogP contribution in [-0.2, 0) is 16.0 Å². The number of aliphatic hydroxyl groups is 2. The zero-order valence-corrected chi connectivity index (χ0v) is 16.2. The molecule has 1 aromatic carbocycles. The van der Waals surface area contributed by atoms with Crippen molar-refractivity contribution in [2.24, 2.45) is 0 Å². The van der Waals surface area contributed by atoms with Crippen LogP contribution in [0, 0.1) is 0 Å². The van der Waals surface area contributed by atoms with Gasteiger partial charge in [0, 0.05) is 6.42 Å². The van der Waals surface area contributed by atoms with Crippen LogP contribution < -0.4 is 0 Å². The van der Waals surface area contributed by atoms with Crippen LogP contribution in [0.2, 0.25) is 10.0 Å². The van der Waals surface area contributed by atoms with Gasteiger partial charge in [-0.3, -0.25) is 4.79 Å². The summed E-state index contributed by atoms with van der Waals surface area (Å²) >= 11 is 11.8. The Kier molecular flexibility index (Phi) is 11.0. The summed E-state index contributed by atoms with van der Waals surface area (Å²) in [5.41, 5.74) is 1.02. The highest BCUT2D eigenvalue weighted by Crippen LogP contribution is 2.23. The van der Waals surface area contributed by atoms with E-state index in [1.165, 1.54) is 7.11 Å². The van der Waals surface area contributed by atoms with Crippen molar-refractivity contribution in [3.63, 3.8) is 0 Å². The Bertz CT molecular complexity index is 653. The number of aryl methyl sites for hydroxylation is 1. The molecule has 0 aliphatic carbocycles. The van der Waals surface area contributed by atoms with E-state index < -0.39 is 12.2 Å². The Labute approximate surface area is 164 Å². The molecule has 0 heterocycles. The van der Waals surface area contributed by atoms with Gasteiger partial charge in [0.2, 0.25) is 0 Å². The van der Waals surface area contributed by atoms with Gasteiger partial charge >= 0.3 is 5.97 Å². The van der Waals surface area contributed by atoms with Gasteiger partial charge in [-0.15, -0.1) is 0 Å². The second-order valence-electron chi connectivity index (χ2n) is 5.69. The number of esters is 1. The maximum absolute atomic E-state index is 11.0. The molecule has 0 aromatic heterocycles. The molecule has 0 saturated carbocycles. The highest BCUT2D eigenvalue weighted by molar-refractivity contribution is 6.42. The SMILES string of the molecule is COC(=O)CCC(O)C=CC=CC=CC(O)CCc1ccc(Cl)c(Cl)c1. The minimum atomic E-state index is -0.695. The minimum Gasteiger partial charge on any atom is -0.469 e. The predicted molar refractivity (Wildman–Crippen MR) is 105 cm³/mol. The van der Waals surface area contributed by atoms with E-state index in [4.69, 9.17) is 23.2 Å². The molecule has 2 atom stereocenters. The maximum Gasteiger partial charge on any atom is 0.305 e. The third kappa shape index (κ3) is 9.78. The lowest BCUT2D eigenvalue weighted by atomic mass is 10.1. The number of carbonyl (C=O) groups excluding carboxylic acids is 1.